The summed E-state index contributed by atoms with van der Waals surface area (Å²) in [4.78, 5) is 11.9. The number of amides is 1. The number of para-hydroxylation sites is 1. The molecule has 0 radical (unpaired) electrons. The summed E-state index contributed by atoms with van der Waals surface area (Å²) in [5.74, 6) is -0.602. The van der Waals surface area contributed by atoms with Crippen molar-refractivity contribution in [2.75, 3.05) is 13.2 Å². The number of hydrogen-bond acceptors (Lipinski definition) is 4. The minimum Gasteiger partial charge on any atom is -0.434 e. The molecule has 0 spiro atoms. The molecule has 5 nitrogen and oxygen atoms in total. The first-order valence-corrected chi connectivity index (χ1v) is 6.21. The molecule has 1 amide bonds. The van der Waals surface area contributed by atoms with Crippen molar-refractivity contribution >= 4 is 5.91 Å². The van der Waals surface area contributed by atoms with Crippen molar-refractivity contribution in [1.82, 2.24) is 5.32 Å². The van der Waals surface area contributed by atoms with E-state index in [1.807, 2.05) is 0 Å². The summed E-state index contributed by atoms with van der Waals surface area (Å²) in [6.07, 6.45) is 0. The molecule has 1 saturated heterocycles. The van der Waals surface area contributed by atoms with Crippen molar-refractivity contribution in [2.45, 2.75) is 19.2 Å². The van der Waals surface area contributed by atoms with E-state index in [0.29, 0.717) is 12.2 Å². The van der Waals surface area contributed by atoms with Gasteiger partial charge in [-0.25, -0.2) is 0 Å². The molecule has 0 aliphatic carbocycles. The third kappa shape index (κ3) is 3.64. The van der Waals surface area contributed by atoms with E-state index in [0.717, 1.165) is 0 Å². The Morgan fingerprint density at radius 3 is 2.85 bits per heavy atom. The summed E-state index contributed by atoms with van der Waals surface area (Å²) in [7, 11) is 0. The van der Waals surface area contributed by atoms with E-state index < -0.39 is 12.5 Å². The van der Waals surface area contributed by atoms with Gasteiger partial charge in [0.25, 0.3) is 0 Å². The number of alkyl halides is 2. The highest BCUT2D eigenvalue weighted by molar-refractivity contribution is 5.79. The molecule has 1 aromatic rings. The first kappa shape index (κ1) is 14.7. The number of ether oxygens (including phenoxy) is 2. The Labute approximate surface area is 115 Å². The maximum atomic E-state index is 12.3. The van der Waals surface area contributed by atoms with Crippen LogP contribution in [-0.2, 0) is 16.1 Å². The van der Waals surface area contributed by atoms with Crippen LogP contribution in [-0.4, -0.2) is 31.8 Å². The van der Waals surface area contributed by atoms with Gasteiger partial charge in [-0.05, 0) is 6.07 Å². The summed E-state index contributed by atoms with van der Waals surface area (Å²) in [5.41, 5.74) is 6.22. The van der Waals surface area contributed by atoms with Gasteiger partial charge in [0.05, 0.1) is 19.1 Å². The topological polar surface area (TPSA) is 73.6 Å². The van der Waals surface area contributed by atoms with Crippen molar-refractivity contribution in [3.63, 3.8) is 0 Å². The van der Waals surface area contributed by atoms with Crippen molar-refractivity contribution in [3.05, 3.63) is 29.8 Å². The van der Waals surface area contributed by atoms with E-state index in [-0.39, 0.29) is 30.9 Å². The van der Waals surface area contributed by atoms with Crippen LogP contribution in [0.5, 0.6) is 5.75 Å². The Hall–Kier alpha value is -1.73. The molecule has 3 N–H and O–H groups in total. The average Bonchev–Trinajstić information content (AvgIpc) is 2.83. The van der Waals surface area contributed by atoms with Crippen LogP contribution in [0.1, 0.15) is 5.56 Å². The molecule has 2 unspecified atom stereocenters. The van der Waals surface area contributed by atoms with E-state index in [1.54, 1.807) is 18.2 Å². The lowest BCUT2D eigenvalue weighted by Gasteiger charge is -2.15. The first-order chi connectivity index (χ1) is 9.58. The fourth-order valence-corrected chi connectivity index (χ4v) is 2.02. The molecule has 0 bridgehead atoms. The zero-order chi connectivity index (χ0) is 14.5. The van der Waals surface area contributed by atoms with Crippen molar-refractivity contribution < 1.29 is 23.0 Å². The summed E-state index contributed by atoms with van der Waals surface area (Å²) in [6.45, 7) is -2.17. The van der Waals surface area contributed by atoms with Crippen LogP contribution in [0.3, 0.4) is 0 Å². The van der Waals surface area contributed by atoms with E-state index in [4.69, 9.17) is 10.5 Å². The molecule has 110 valence electrons. The highest BCUT2D eigenvalue weighted by Crippen LogP contribution is 2.20. The number of nitrogens with two attached hydrogens (primary N) is 1. The molecule has 7 heteroatoms. The quantitative estimate of drug-likeness (QED) is 0.842. The van der Waals surface area contributed by atoms with E-state index in [1.165, 1.54) is 6.07 Å². The third-order valence-corrected chi connectivity index (χ3v) is 3.10. The van der Waals surface area contributed by atoms with Crippen molar-refractivity contribution in [2.24, 2.45) is 11.7 Å². The second-order valence-corrected chi connectivity index (χ2v) is 4.51. The van der Waals surface area contributed by atoms with E-state index in [2.05, 4.69) is 10.1 Å². The Morgan fingerprint density at radius 2 is 2.20 bits per heavy atom. The fourth-order valence-electron chi connectivity index (χ4n) is 2.02. The molecular formula is C13H16F2N2O3. The van der Waals surface area contributed by atoms with Crippen molar-refractivity contribution in [3.8, 4) is 5.75 Å². The van der Waals surface area contributed by atoms with Gasteiger partial charge in [-0.1, -0.05) is 18.2 Å². The molecule has 1 aliphatic rings. The Balaban J connectivity index is 1.95. The van der Waals surface area contributed by atoms with Gasteiger partial charge in [0.15, 0.2) is 0 Å². The second kappa shape index (κ2) is 6.62. The highest BCUT2D eigenvalue weighted by atomic mass is 19.3. The number of carbonyl (C=O) groups is 1. The van der Waals surface area contributed by atoms with Gasteiger partial charge in [0.1, 0.15) is 5.75 Å². The van der Waals surface area contributed by atoms with Crippen LogP contribution in [0.2, 0.25) is 0 Å². The fraction of sp³-hybridized carbons (Fsp3) is 0.462. The van der Waals surface area contributed by atoms with Gasteiger partial charge >= 0.3 is 6.61 Å². The van der Waals surface area contributed by atoms with Crippen molar-refractivity contribution in [1.29, 1.82) is 0 Å². The maximum absolute atomic E-state index is 12.3. The van der Waals surface area contributed by atoms with Gasteiger partial charge < -0.3 is 20.5 Å². The summed E-state index contributed by atoms with van der Waals surface area (Å²) >= 11 is 0. The summed E-state index contributed by atoms with van der Waals surface area (Å²) in [5, 5.41) is 2.66. The smallest absolute Gasteiger partial charge is 0.387 e. The molecule has 2 rings (SSSR count). The lowest BCUT2D eigenvalue weighted by atomic mass is 10.0. The van der Waals surface area contributed by atoms with Gasteiger partial charge in [0.2, 0.25) is 5.91 Å². The number of benzene rings is 1. The minimum absolute atomic E-state index is 0.0507. The monoisotopic (exact) mass is 286 g/mol. The summed E-state index contributed by atoms with van der Waals surface area (Å²) in [6, 6.07) is 5.98. The second-order valence-electron chi connectivity index (χ2n) is 4.51. The standard InChI is InChI=1S/C13H16F2N2O3/c14-13(15)20-11-4-2-1-3-8(11)5-17-12(18)9-6-19-7-10(9)16/h1-4,9-10,13H,5-7,16H2,(H,17,18). The van der Waals surface area contributed by atoms with E-state index >= 15 is 0 Å². The molecule has 2 atom stereocenters. The Bertz CT molecular complexity index is 471. The number of nitrogens with one attached hydrogen (secondary N) is 1. The highest BCUT2D eigenvalue weighted by Gasteiger charge is 2.31. The Morgan fingerprint density at radius 1 is 1.45 bits per heavy atom. The average molecular weight is 286 g/mol. The molecule has 20 heavy (non-hydrogen) atoms. The lowest BCUT2D eigenvalue weighted by molar-refractivity contribution is -0.125. The number of hydrogen-bond donors (Lipinski definition) is 2. The summed E-state index contributed by atoms with van der Waals surface area (Å²) < 4.78 is 34.0. The van der Waals surface area contributed by atoms with E-state index in [9.17, 15) is 13.6 Å². The molecule has 0 aromatic heterocycles. The van der Waals surface area contributed by atoms with Gasteiger partial charge in [-0.3, -0.25) is 4.79 Å². The predicted molar refractivity (Wildman–Crippen MR) is 67.2 cm³/mol. The van der Waals surface area contributed by atoms with Crippen LogP contribution in [0.25, 0.3) is 0 Å². The van der Waals surface area contributed by atoms with Crippen LogP contribution < -0.4 is 15.8 Å². The maximum Gasteiger partial charge on any atom is 0.387 e. The largest absolute Gasteiger partial charge is 0.434 e. The van der Waals surface area contributed by atoms with Crippen LogP contribution in [0.15, 0.2) is 24.3 Å². The molecule has 0 saturated carbocycles. The number of rotatable bonds is 5. The predicted octanol–water partition coefficient (Wildman–Crippen LogP) is 0.878. The molecular weight excluding hydrogens is 270 g/mol. The molecule has 1 aliphatic heterocycles. The SMILES string of the molecule is NC1COCC1C(=O)NCc1ccccc1OC(F)F. The molecule has 1 fully saturated rings. The lowest BCUT2D eigenvalue weighted by Crippen LogP contribution is -2.40. The number of carbonyl (C=O) groups excluding carboxylic acids is 1. The minimum atomic E-state index is -2.90. The number of halogens is 2. The first-order valence-electron chi connectivity index (χ1n) is 6.21. The zero-order valence-electron chi connectivity index (χ0n) is 10.7. The third-order valence-electron chi connectivity index (χ3n) is 3.10. The molecule has 1 heterocycles. The van der Waals surface area contributed by atoms with Crippen LogP contribution in [0.4, 0.5) is 8.78 Å². The van der Waals surface area contributed by atoms with Gasteiger partial charge in [-0.2, -0.15) is 8.78 Å². The van der Waals surface area contributed by atoms with Gasteiger partial charge in [-0.15, -0.1) is 0 Å². The van der Waals surface area contributed by atoms with Crippen LogP contribution >= 0.6 is 0 Å². The molecule has 1 aromatic carbocycles. The normalized spacial score (nSPS) is 22.0. The Kier molecular flexibility index (Phi) is 4.86. The van der Waals surface area contributed by atoms with Gasteiger partial charge in [0, 0.05) is 18.2 Å². The van der Waals surface area contributed by atoms with Crippen LogP contribution in [0, 0.1) is 5.92 Å². The zero-order valence-corrected chi connectivity index (χ0v) is 10.7.